The molecule has 124 valence electrons. The normalized spacial score (nSPS) is 11.0. The third-order valence-corrected chi connectivity index (χ3v) is 4.81. The highest BCUT2D eigenvalue weighted by Crippen LogP contribution is 2.25. The molecule has 5 nitrogen and oxygen atoms in total. The zero-order valence-corrected chi connectivity index (χ0v) is 15.3. The predicted octanol–water partition coefficient (Wildman–Crippen LogP) is 4.10. The van der Waals surface area contributed by atoms with Crippen LogP contribution >= 0.6 is 46.6 Å². The highest BCUT2D eigenvalue weighted by atomic mass is 35.5. The van der Waals surface area contributed by atoms with Gasteiger partial charge < -0.3 is 5.32 Å². The summed E-state index contributed by atoms with van der Waals surface area (Å²) in [6.07, 6.45) is 1.66. The van der Waals surface area contributed by atoms with Crippen molar-refractivity contribution < 1.29 is 4.79 Å². The Morgan fingerprint density at radius 2 is 1.88 bits per heavy atom. The Morgan fingerprint density at radius 3 is 2.62 bits per heavy atom. The molecule has 0 aliphatic carbocycles. The van der Waals surface area contributed by atoms with E-state index in [0.29, 0.717) is 32.4 Å². The fourth-order valence-electron chi connectivity index (χ4n) is 1.98. The summed E-state index contributed by atoms with van der Waals surface area (Å²) < 4.78 is 1.67. The molecule has 3 aromatic rings. The number of benzene rings is 1. The smallest absolute Gasteiger partial charge is 0.230 e. The van der Waals surface area contributed by atoms with Gasteiger partial charge in [0.2, 0.25) is 5.91 Å². The van der Waals surface area contributed by atoms with E-state index in [1.54, 1.807) is 28.8 Å². The number of thioether (sulfide) groups is 1. The predicted molar refractivity (Wildman–Crippen MR) is 97.0 cm³/mol. The number of hydrogen-bond donors (Lipinski definition) is 1. The van der Waals surface area contributed by atoms with Crippen LogP contribution in [0.2, 0.25) is 15.1 Å². The third-order valence-electron chi connectivity index (χ3n) is 3.13. The molecule has 2 heterocycles. The molecule has 0 bridgehead atoms. The minimum atomic E-state index is -0.111. The van der Waals surface area contributed by atoms with Crippen molar-refractivity contribution in [2.75, 3.05) is 5.75 Å². The van der Waals surface area contributed by atoms with Crippen molar-refractivity contribution in [3.05, 3.63) is 57.2 Å². The lowest BCUT2D eigenvalue weighted by Gasteiger charge is -2.05. The van der Waals surface area contributed by atoms with Crippen LogP contribution in [0.3, 0.4) is 0 Å². The zero-order valence-electron chi connectivity index (χ0n) is 12.2. The van der Waals surface area contributed by atoms with E-state index in [1.807, 2.05) is 12.1 Å². The molecule has 9 heteroatoms. The van der Waals surface area contributed by atoms with Crippen LogP contribution in [0.4, 0.5) is 0 Å². The number of aromatic nitrogens is 3. The van der Waals surface area contributed by atoms with Crippen LogP contribution < -0.4 is 5.32 Å². The number of rotatable bonds is 5. The summed E-state index contributed by atoms with van der Waals surface area (Å²) in [5.74, 6) is 0.0956. The Labute approximate surface area is 157 Å². The first-order valence-corrected chi connectivity index (χ1v) is 8.98. The minimum Gasteiger partial charge on any atom is -0.351 e. The number of nitrogens with one attached hydrogen (secondary N) is 1. The summed E-state index contributed by atoms with van der Waals surface area (Å²) in [6.45, 7) is 0.439. The van der Waals surface area contributed by atoms with Gasteiger partial charge in [-0.3, -0.25) is 9.20 Å². The molecule has 0 atom stereocenters. The van der Waals surface area contributed by atoms with Gasteiger partial charge in [0.15, 0.2) is 10.8 Å². The van der Waals surface area contributed by atoms with Crippen molar-refractivity contribution in [1.29, 1.82) is 0 Å². The fraction of sp³-hybridized carbons (Fsp3) is 0.133. The SMILES string of the molecule is O=C(CSc1nnc2c(Cl)cc(Cl)cn12)NCc1ccc(Cl)cc1. The van der Waals surface area contributed by atoms with Gasteiger partial charge in [-0.05, 0) is 23.8 Å². The number of carbonyl (C=O) groups is 1. The third kappa shape index (κ3) is 4.13. The molecule has 0 spiro atoms. The molecule has 1 N–H and O–H groups in total. The lowest BCUT2D eigenvalue weighted by Crippen LogP contribution is -2.24. The molecule has 0 aliphatic heterocycles. The quantitative estimate of drug-likeness (QED) is 0.654. The van der Waals surface area contributed by atoms with Crippen molar-refractivity contribution in [3.8, 4) is 0 Å². The van der Waals surface area contributed by atoms with E-state index in [0.717, 1.165) is 5.56 Å². The van der Waals surface area contributed by atoms with Gasteiger partial charge in [0.25, 0.3) is 0 Å². The second kappa shape index (κ2) is 7.61. The largest absolute Gasteiger partial charge is 0.351 e. The summed E-state index contributed by atoms with van der Waals surface area (Å²) in [5, 5.41) is 13.0. The number of fused-ring (bicyclic) bond motifs is 1. The molecule has 3 rings (SSSR count). The summed E-state index contributed by atoms with van der Waals surface area (Å²) in [5.41, 5.74) is 1.48. The van der Waals surface area contributed by atoms with Gasteiger partial charge in [0.05, 0.1) is 15.8 Å². The molecule has 0 radical (unpaired) electrons. The van der Waals surface area contributed by atoms with Crippen molar-refractivity contribution in [2.45, 2.75) is 11.7 Å². The van der Waals surface area contributed by atoms with Crippen LogP contribution in [-0.4, -0.2) is 26.3 Å². The van der Waals surface area contributed by atoms with Gasteiger partial charge in [-0.1, -0.05) is 58.7 Å². The van der Waals surface area contributed by atoms with Crippen molar-refractivity contribution >= 4 is 58.1 Å². The molecule has 0 saturated carbocycles. The highest BCUT2D eigenvalue weighted by Gasteiger charge is 2.12. The summed E-state index contributed by atoms with van der Waals surface area (Å²) in [4.78, 5) is 12.0. The second-order valence-corrected chi connectivity index (χ2v) is 7.10. The van der Waals surface area contributed by atoms with Crippen LogP contribution in [0, 0.1) is 0 Å². The second-order valence-electron chi connectivity index (χ2n) is 4.87. The molecule has 1 amide bonds. The van der Waals surface area contributed by atoms with E-state index >= 15 is 0 Å². The van der Waals surface area contributed by atoms with E-state index in [1.165, 1.54) is 11.8 Å². The average molecular weight is 402 g/mol. The molecule has 0 unspecified atom stereocenters. The molecular formula is C15H11Cl3N4OS. The van der Waals surface area contributed by atoms with E-state index < -0.39 is 0 Å². The van der Waals surface area contributed by atoms with Gasteiger partial charge in [-0.25, -0.2) is 0 Å². The van der Waals surface area contributed by atoms with Gasteiger partial charge in [0, 0.05) is 17.8 Å². The van der Waals surface area contributed by atoms with Crippen molar-refractivity contribution in [2.24, 2.45) is 0 Å². The number of carbonyl (C=O) groups excluding carboxylic acids is 1. The first-order valence-electron chi connectivity index (χ1n) is 6.86. The van der Waals surface area contributed by atoms with Gasteiger partial charge in [-0.2, -0.15) is 0 Å². The first kappa shape index (κ1) is 17.4. The van der Waals surface area contributed by atoms with E-state index in [4.69, 9.17) is 34.8 Å². The van der Waals surface area contributed by atoms with Crippen LogP contribution in [0.1, 0.15) is 5.56 Å². The maximum Gasteiger partial charge on any atom is 0.230 e. The first-order chi connectivity index (χ1) is 11.5. The Kier molecular flexibility index (Phi) is 5.50. The summed E-state index contributed by atoms with van der Waals surface area (Å²) in [7, 11) is 0. The highest BCUT2D eigenvalue weighted by molar-refractivity contribution is 7.99. The average Bonchev–Trinajstić information content (AvgIpc) is 2.95. The van der Waals surface area contributed by atoms with E-state index in [2.05, 4.69) is 15.5 Å². The van der Waals surface area contributed by atoms with Crippen molar-refractivity contribution in [1.82, 2.24) is 19.9 Å². The van der Waals surface area contributed by atoms with E-state index in [-0.39, 0.29) is 11.7 Å². The zero-order chi connectivity index (χ0) is 17.1. The maximum absolute atomic E-state index is 12.0. The molecular weight excluding hydrogens is 391 g/mol. The Morgan fingerprint density at radius 1 is 1.12 bits per heavy atom. The Hall–Kier alpha value is -1.47. The number of hydrogen-bond acceptors (Lipinski definition) is 4. The molecule has 24 heavy (non-hydrogen) atoms. The van der Waals surface area contributed by atoms with Gasteiger partial charge >= 0.3 is 0 Å². The standard InChI is InChI=1S/C15H11Cl3N4OS/c16-10-3-1-9(2-4-10)6-19-13(23)8-24-15-21-20-14-12(18)5-11(17)7-22(14)15/h1-5,7H,6,8H2,(H,19,23). The van der Waals surface area contributed by atoms with Crippen LogP contribution in [0.5, 0.6) is 0 Å². The number of amides is 1. The van der Waals surface area contributed by atoms with Crippen LogP contribution in [0.15, 0.2) is 41.7 Å². The topological polar surface area (TPSA) is 59.3 Å². The van der Waals surface area contributed by atoms with Gasteiger partial charge in [0.1, 0.15) is 0 Å². The van der Waals surface area contributed by atoms with Crippen LogP contribution in [-0.2, 0) is 11.3 Å². The minimum absolute atomic E-state index is 0.111. The molecule has 0 saturated heterocycles. The van der Waals surface area contributed by atoms with E-state index in [9.17, 15) is 4.79 Å². The van der Waals surface area contributed by atoms with Crippen LogP contribution in [0.25, 0.3) is 5.65 Å². The van der Waals surface area contributed by atoms with Crippen molar-refractivity contribution in [3.63, 3.8) is 0 Å². The van der Waals surface area contributed by atoms with Gasteiger partial charge in [-0.15, -0.1) is 10.2 Å². The monoisotopic (exact) mass is 400 g/mol. The Bertz CT molecular complexity index is 882. The lowest BCUT2D eigenvalue weighted by molar-refractivity contribution is -0.118. The maximum atomic E-state index is 12.0. The molecule has 0 aliphatic rings. The molecule has 0 fully saturated rings. The Balaban J connectivity index is 1.59. The molecule has 2 aromatic heterocycles. The summed E-state index contributed by atoms with van der Waals surface area (Å²) in [6, 6.07) is 8.90. The number of halogens is 3. The molecule has 1 aromatic carbocycles. The summed E-state index contributed by atoms with van der Waals surface area (Å²) >= 11 is 19.1. The number of pyridine rings is 1. The number of nitrogens with zero attached hydrogens (tertiary/aromatic N) is 3. The fourth-order valence-corrected chi connectivity index (χ4v) is 3.36. The lowest BCUT2D eigenvalue weighted by atomic mass is 10.2.